The van der Waals surface area contributed by atoms with Crippen LogP contribution in [0.4, 0.5) is 0 Å². The fourth-order valence-electron chi connectivity index (χ4n) is 3.42. The zero-order chi connectivity index (χ0) is 18.1. The van der Waals surface area contributed by atoms with Gasteiger partial charge in [-0.2, -0.15) is 8.42 Å². The Morgan fingerprint density at radius 2 is 1.40 bits per heavy atom. The highest BCUT2D eigenvalue weighted by atomic mass is 32.2. The quantitative estimate of drug-likeness (QED) is 0.385. The van der Waals surface area contributed by atoms with Gasteiger partial charge in [0, 0.05) is 5.39 Å². The summed E-state index contributed by atoms with van der Waals surface area (Å²) in [7, 11) is -4.22. The van der Waals surface area contributed by atoms with Gasteiger partial charge in [0.2, 0.25) is 0 Å². The van der Waals surface area contributed by atoms with Crippen LogP contribution in [0.1, 0.15) is 70.3 Å². The van der Waals surface area contributed by atoms with Gasteiger partial charge in [0.25, 0.3) is 10.1 Å². The van der Waals surface area contributed by atoms with Gasteiger partial charge in [-0.1, -0.05) is 94.7 Å². The minimum absolute atomic E-state index is 0.0881. The van der Waals surface area contributed by atoms with Crippen molar-refractivity contribution in [1.29, 1.82) is 0 Å². The molecule has 0 unspecified atom stereocenters. The maximum absolute atomic E-state index is 11.9. The Hall–Kier alpha value is -1.39. The van der Waals surface area contributed by atoms with E-state index in [1.54, 1.807) is 12.1 Å². The second-order valence-corrected chi connectivity index (χ2v) is 8.19. The minimum Gasteiger partial charge on any atom is -0.282 e. The first kappa shape index (κ1) is 19.9. The van der Waals surface area contributed by atoms with Crippen molar-refractivity contribution < 1.29 is 13.0 Å². The normalized spacial score (nSPS) is 11.9. The van der Waals surface area contributed by atoms with Crippen LogP contribution in [0.15, 0.2) is 41.3 Å². The molecule has 0 heterocycles. The number of fused-ring (bicyclic) bond motifs is 1. The molecule has 3 nitrogen and oxygen atoms in total. The molecule has 0 saturated heterocycles. The fourth-order valence-corrected chi connectivity index (χ4v) is 4.38. The molecular formula is C21H30O3S. The van der Waals surface area contributed by atoms with E-state index in [1.807, 2.05) is 24.3 Å². The molecule has 0 aliphatic carbocycles. The Bertz CT molecular complexity index is 766. The van der Waals surface area contributed by atoms with Crippen molar-refractivity contribution in [2.24, 2.45) is 0 Å². The Morgan fingerprint density at radius 1 is 0.800 bits per heavy atom. The molecular weight excluding hydrogens is 332 g/mol. The van der Waals surface area contributed by atoms with Crippen molar-refractivity contribution in [2.45, 2.75) is 76.0 Å². The summed E-state index contributed by atoms with van der Waals surface area (Å²) in [5.41, 5.74) is 0.726. The van der Waals surface area contributed by atoms with E-state index in [9.17, 15) is 13.0 Å². The van der Waals surface area contributed by atoms with Crippen LogP contribution in [0.5, 0.6) is 0 Å². The predicted molar refractivity (Wildman–Crippen MR) is 105 cm³/mol. The minimum atomic E-state index is -4.22. The third-order valence-corrected chi connectivity index (χ3v) is 5.77. The van der Waals surface area contributed by atoms with Crippen molar-refractivity contribution in [3.63, 3.8) is 0 Å². The first-order valence-corrected chi connectivity index (χ1v) is 11.0. The molecule has 0 aliphatic heterocycles. The summed E-state index contributed by atoms with van der Waals surface area (Å²) in [6, 6.07) is 11.1. The van der Waals surface area contributed by atoms with Crippen LogP contribution in [0.25, 0.3) is 10.8 Å². The molecule has 4 heteroatoms. The van der Waals surface area contributed by atoms with Crippen LogP contribution in [0.3, 0.4) is 0 Å². The van der Waals surface area contributed by atoms with Gasteiger partial charge in [0.15, 0.2) is 0 Å². The summed E-state index contributed by atoms with van der Waals surface area (Å²) in [4.78, 5) is 0.0881. The molecule has 0 amide bonds. The van der Waals surface area contributed by atoms with E-state index in [4.69, 9.17) is 0 Å². The van der Waals surface area contributed by atoms with E-state index in [2.05, 4.69) is 6.92 Å². The predicted octanol–water partition coefficient (Wildman–Crippen LogP) is 6.16. The van der Waals surface area contributed by atoms with Gasteiger partial charge in [0.1, 0.15) is 4.90 Å². The highest BCUT2D eigenvalue weighted by Crippen LogP contribution is 2.28. The Morgan fingerprint density at radius 3 is 2.04 bits per heavy atom. The van der Waals surface area contributed by atoms with Crippen molar-refractivity contribution in [2.75, 3.05) is 0 Å². The van der Waals surface area contributed by atoms with Gasteiger partial charge in [0.05, 0.1) is 0 Å². The molecule has 25 heavy (non-hydrogen) atoms. The Labute approximate surface area is 152 Å². The molecule has 0 aromatic heterocycles. The van der Waals surface area contributed by atoms with Crippen LogP contribution >= 0.6 is 0 Å². The molecule has 2 rings (SSSR count). The van der Waals surface area contributed by atoms with Crippen molar-refractivity contribution in [3.05, 3.63) is 42.0 Å². The molecule has 0 radical (unpaired) electrons. The van der Waals surface area contributed by atoms with Crippen LogP contribution in [0, 0.1) is 0 Å². The zero-order valence-corrected chi connectivity index (χ0v) is 16.0. The van der Waals surface area contributed by atoms with E-state index in [1.165, 1.54) is 44.9 Å². The Balaban J connectivity index is 1.91. The zero-order valence-electron chi connectivity index (χ0n) is 15.2. The Kier molecular flexibility index (Phi) is 7.91. The van der Waals surface area contributed by atoms with Crippen molar-refractivity contribution in [3.8, 4) is 0 Å². The van der Waals surface area contributed by atoms with Crippen molar-refractivity contribution >= 4 is 20.9 Å². The standard InChI is InChI=1S/C21H30O3S/c1-2-3-4-5-6-7-8-9-10-14-19-17-16-18-13-11-12-15-20(18)21(19)25(22,23)24/h11-13,15-17H,2-10,14H2,1H3,(H,22,23,24). The molecule has 0 saturated carbocycles. The first-order chi connectivity index (χ1) is 12.0. The van der Waals surface area contributed by atoms with Gasteiger partial charge >= 0.3 is 0 Å². The number of hydrogen-bond acceptors (Lipinski definition) is 2. The molecule has 0 atom stereocenters. The SMILES string of the molecule is CCCCCCCCCCCc1ccc2ccccc2c1S(=O)(=O)O. The summed E-state index contributed by atoms with van der Waals surface area (Å²) in [6.45, 7) is 2.23. The molecule has 1 N–H and O–H groups in total. The van der Waals surface area contributed by atoms with E-state index >= 15 is 0 Å². The number of hydrogen-bond donors (Lipinski definition) is 1. The van der Waals surface area contributed by atoms with E-state index in [-0.39, 0.29) is 4.90 Å². The lowest BCUT2D eigenvalue weighted by molar-refractivity contribution is 0.482. The average Bonchev–Trinajstić information content (AvgIpc) is 2.59. The lowest BCUT2D eigenvalue weighted by Crippen LogP contribution is -2.04. The largest absolute Gasteiger partial charge is 0.295 e. The van der Waals surface area contributed by atoms with Gasteiger partial charge < -0.3 is 0 Å². The maximum Gasteiger partial charge on any atom is 0.295 e. The molecule has 0 aliphatic rings. The molecule has 138 valence electrons. The molecule has 2 aromatic rings. The van der Waals surface area contributed by atoms with E-state index < -0.39 is 10.1 Å². The smallest absolute Gasteiger partial charge is 0.282 e. The maximum atomic E-state index is 11.9. The second-order valence-electron chi connectivity index (χ2n) is 6.83. The van der Waals surface area contributed by atoms with Crippen LogP contribution in [-0.4, -0.2) is 13.0 Å². The molecule has 0 bridgehead atoms. The number of aryl methyl sites for hydroxylation is 1. The average molecular weight is 363 g/mol. The monoisotopic (exact) mass is 362 g/mol. The second kappa shape index (κ2) is 9.93. The van der Waals surface area contributed by atoms with Gasteiger partial charge in [-0.15, -0.1) is 0 Å². The lowest BCUT2D eigenvalue weighted by Gasteiger charge is -2.11. The van der Waals surface area contributed by atoms with Crippen LogP contribution < -0.4 is 0 Å². The van der Waals surface area contributed by atoms with Crippen molar-refractivity contribution in [1.82, 2.24) is 0 Å². The highest BCUT2D eigenvalue weighted by Gasteiger charge is 2.18. The van der Waals surface area contributed by atoms with E-state index in [0.29, 0.717) is 11.8 Å². The summed E-state index contributed by atoms with van der Waals surface area (Å²) < 4.78 is 33.5. The van der Waals surface area contributed by atoms with Crippen LogP contribution in [-0.2, 0) is 16.5 Å². The van der Waals surface area contributed by atoms with Crippen LogP contribution in [0.2, 0.25) is 0 Å². The molecule has 0 fully saturated rings. The number of benzene rings is 2. The molecule has 2 aromatic carbocycles. The van der Waals surface area contributed by atoms with Gasteiger partial charge in [-0.25, -0.2) is 0 Å². The number of rotatable bonds is 11. The summed E-state index contributed by atoms with van der Waals surface area (Å²) in [5, 5.41) is 1.45. The third kappa shape index (κ3) is 6.12. The number of unbranched alkanes of at least 4 members (excludes halogenated alkanes) is 8. The summed E-state index contributed by atoms with van der Waals surface area (Å²) in [6.07, 6.45) is 11.8. The van der Waals surface area contributed by atoms with Gasteiger partial charge in [-0.3, -0.25) is 4.55 Å². The summed E-state index contributed by atoms with van der Waals surface area (Å²) >= 11 is 0. The molecule has 0 spiro atoms. The van der Waals surface area contributed by atoms with Gasteiger partial charge in [-0.05, 0) is 23.8 Å². The summed E-state index contributed by atoms with van der Waals surface area (Å²) in [5.74, 6) is 0. The highest BCUT2D eigenvalue weighted by molar-refractivity contribution is 7.86. The first-order valence-electron chi connectivity index (χ1n) is 9.52. The lowest BCUT2D eigenvalue weighted by atomic mass is 10.0. The topological polar surface area (TPSA) is 54.4 Å². The third-order valence-electron chi connectivity index (χ3n) is 4.77. The fraction of sp³-hybridized carbons (Fsp3) is 0.524. The van der Waals surface area contributed by atoms with E-state index in [0.717, 1.165) is 23.8 Å².